The smallest absolute Gasteiger partial charge is 0.328 e. The number of nitrogens with zero attached hydrogens (tertiary/aromatic N) is 4. The molecular weight excluding hydrogens is 260 g/mol. The number of aromatic nitrogens is 4. The Hall–Kier alpha value is -2.18. The van der Waals surface area contributed by atoms with Gasteiger partial charge in [-0.2, -0.15) is 0 Å². The lowest BCUT2D eigenvalue weighted by molar-refractivity contribution is -0.117. The van der Waals surface area contributed by atoms with Crippen molar-refractivity contribution in [3.63, 3.8) is 0 Å². The number of ketones is 1. The van der Waals surface area contributed by atoms with Crippen LogP contribution >= 0.6 is 0 Å². The summed E-state index contributed by atoms with van der Waals surface area (Å²) in [6.45, 7) is -12.3. The number of carbonyl (C=O) groups excluding carboxylic acids is 1. The molecule has 0 unspecified atom stereocenters. The van der Waals surface area contributed by atoms with Crippen molar-refractivity contribution in [1.29, 1.82) is 0 Å². The zero-order valence-corrected chi connectivity index (χ0v) is 9.72. The van der Waals surface area contributed by atoms with Crippen LogP contribution in [0.2, 0.25) is 0 Å². The van der Waals surface area contributed by atoms with E-state index in [1.165, 1.54) is 0 Å². The standard InChI is InChI=1S/C13H18N4O3/c1-9(18)6-4-5-7-17-12(19)10-11(14-8-15(10)2)16(3)13(17)20/h8H,4-7H2,1-3H3/i1D3,2D3,3D3,4D2,5D2,6D2,8D. The normalized spacial score (nSPS) is 27.0. The van der Waals surface area contributed by atoms with Crippen LogP contribution in [0.1, 0.15) is 47.9 Å². The molecule has 7 heteroatoms. The highest BCUT2D eigenvalue weighted by atomic mass is 16.2. The van der Waals surface area contributed by atoms with E-state index in [0.29, 0.717) is 0 Å². The Labute approximate surface area is 137 Å². The van der Waals surface area contributed by atoms with Crippen LogP contribution in [0.15, 0.2) is 15.9 Å². The second-order valence-corrected chi connectivity index (χ2v) is 3.48. The van der Waals surface area contributed by atoms with Crippen LogP contribution in [0.4, 0.5) is 0 Å². The Bertz CT molecular complexity index is 1320. The van der Waals surface area contributed by atoms with Gasteiger partial charge in [-0.15, -0.1) is 0 Å². The summed E-state index contributed by atoms with van der Waals surface area (Å²) >= 11 is 0. The Balaban J connectivity index is 2.94. The van der Waals surface area contributed by atoms with Crippen molar-refractivity contribution in [3.05, 3.63) is 27.1 Å². The topological polar surface area (TPSA) is 78.9 Å². The van der Waals surface area contributed by atoms with Crippen molar-refractivity contribution < 1.29 is 26.7 Å². The summed E-state index contributed by atoms with van der Waals surface area (Å²) in [5, 5.41) is 0. The lowest BCUT2D eigenvalue weighted by atomic mass is 10.2. The van der Waals surface area contributed by atoms with Crippen molar-refractivity contribution in [3.8, 4) is 0 Å². The summed E-state index contributed by atoms with van der Waals surface area (Å²) in [6, 6.07) is 0. The fourth-order valence-electron chi connectivity index (χ4n) is 1.43. The molecule has 0 aromatic carbocycles. The highest BCUT2D eigenvalue weighted by Gasteiger charge is 2.14. The van der Waals surface area contributed by atoms with Crippen molar-refractivity contribution in [1.82, 2.24) is 18.7 Å². The molecule has 2 heterocycles. The zero-order valence-electron chi connectivity index (χ0n) is 25.7. The Morgan fingerprint density at radius 1 is 1.45 bits per heavy atom. The number of Topliss-reactive ketones (excluding diaryl/α,β-unsaturated/α-hetero) is 1. The molecule has 2 aromatic heterocycles. The molecule has 0 aliphatic carbocycles. The lowest BCUT2D eigenvalue weighted by Gasteiger charge is -2.08. The van der Waals surface area contributed by atoms with Crippen LogP contribution in [0.25, 0.3) is 11.2 Å². The predicted octanol–water partition coefficient (Wildman–Crippen LogP) is 0.193. The van der Waals surface area contributed by atoms with Gasteiger partial charge in [-0.05, 0) is 19.6 Å². The molecule has 0 fully saturated rings. The highest BCUT2D eigenvalue weighted by Crippen LogP contribution is 2.04. The summed E-state index contributed by atoms with van der Waals surface area (Å²) in [5.41, 5.74) is -5.75. The van der Waals surface area contributed by atoms with Gasteiger partial charge < -0.3 is 9.36 Å². The molecule has 7 nitrogen and oxygen atoms in total. The maximum Gasteiger partial charge on any atom is 0.332 e. The monoisotopic (exact) mass is 294 g/mol. The molecule has 108 valence electrons. The number of fused-ring (bicyclic) bond motifs is 1. The molecule has 0 aliphatic rings. The van der Waals surface area contributed by atoms with Crippen LogP contribution in [0.5, 0.6) is 0 Å². The van der Waals surface area contributed by atoms with Crippen molar-refractivity contribution in [2.45, 2.75) is 32.5 Å². The molecule has 0 atom stereocenters. The molecule has 0 amide bonds. The Morgan fingerprint density at radius 2 is 2.30 bits per heavy atom. The van der Waals surface area contributed by atoms with Gasteiger partial charge in [-0.25, -0.2) is 9.78 Å². The Kier molecular flexibility index (Phi) is 1.13. The second-order valence-electron chi connectivity index (χ2n) is 3.48. The average Bonchev–Trinajstić information content (AvgIpc) is 2.99. The molecule has 0 aliphatic heterocycles. The van der Waals surface area contributed by atoms with E-state index in [-0.39, 0.29) is 13.7 Å². The van der Waals surface area contributed by atoms with Gasteiger partial charge in [-0.3, -0.25) is 13.9 Å². The van der Waals surface area contributed by atoms with Crippen molar-refractivity contribution >= 4 is 16.9 Å². The first-order valence-electron chi connectivity index (χ1n) is 13.0. The second kappa shape index (κ2) is 5.44. The maximum atomic E-state index is 13.1. The molecule has 0 saturated heterocycles. The minimum atomic E-state index is -4.03. The molecule has 0 bridgehead atoms. The Morgan fingerprint density at radius 3 is 3.00 bits per heavy atom. The minimum Gasteiger partial charge on any atom is -0.328 e. The molecular formula is C13H18N4O3. The third kappa shape index (κ3) is 2.43. The number of carbonyl (C=O) groups is 1. The molecule has 0 radical (unpaired) electrons. The quantitative estimate of drug-likeness (QED) is 0.789. The minimum absolute atomic E-state index is 0.00944. The predicted molar refractivity (Wildman–Crippen MR) is 74.7 cm³/mol. The van der Waals surface area contributed by atoms with E-state index in [1.54, 1.807) is 0 Å². The van der Waals surface area contributed by atoms with Crippen LogP contribution in [-0.4, -0.2) is 24.5 Å². The van der Waals surface area contributed by atoms with Gasteiger partial charge in [-0.1, -0.05) is 0 Å². The van der Waals surface area contributed by atoms with E-state index in [4.69, 9.17) is 21.9 Å². The number of hydrogen-bond donors (Lipinski definition) is 0. The number of rotatable bonds is 5. The SMILES string of the molecule is [2H]c1nc2c(c(=O)n(CC([2H])([2H])C([2H])([2H])C([2H])([2H])C(=O)C([2H])([2H])[2H])c(=O)n2C([2H])([2H])[2H])n1C([2H])([2H])[2H]. The first kappa shape index (κ1) is 4.16. The molecule has 2 rings (SSSR count). The molecule has 0 saturated carbocycles. The summed E-state index contributed by atoms with van der Waals surface area (Å²) in [7, 11) is 0. The molecule has 2 aromatic rings. The van der Waals surface area contributed by atoms with Crippen LogP contribution in [0, 0.1) is 0 Å². The first-order valence-corrected chi connectivity index (χ1v) is 5.02. The third-order valence-electron chi connectivity index (χ3n) is 2.27. The number of aryl methyl sites for hydroxylation is 2. The maximum absolute atomic E-state index is 13.1. The first-order chi connectivity index (χ1) is 15.7. The van der Waals surface area contributed by atoms with E-state index in [1.807, 2.05) is 0 Å². The van der Waals surface area contributed by atoms with Crippen molar-refractivity contribution in [2.75, 3.05) is 0 Å². The summed E-state index contributed by atoms with van der Waals surface area (Å²) in [4.78, 5) is 41.4. The van der Waals surface area contributed by atoms with Gasteiger partial charge in [0.05, 0.1) is 6.30 Å². The molecule has 0 spiro atoms. The number of hydrogen-bond acceptors (Lipinski definition) is 4. The van der Waals surface area contributed by atoms with Gasteiger partial charge in [0.2, 0.25) is 0 Å². The summed E-state index contributed by atoms with van der Waals surface area (Å²) in [6.07, 6.45) is -13.0. The van der Waals surface area contributed by atoms with E-state index in [2.05, 4.69) is 4.98 Å². The average molecular weight is 294 g/mol. The molecule has 20 heavy (non-hydrogen) atoms. The van der Waals surface area contributed by atoms with Crippen LogP contribution in [0.3, 0.4) is 0 Å². The van der Waals surface area contributed by atoms with E-state index in [9.17, 15) is 14.4 Å². The van der Waals surface area contributed by atoms with E-state index >= 15 is 0 Å². The molecule has 0 N–H and O–H groups in total. The van der Waals surface area contributed by atoms with Crippen LogP contribution in [-0.2, 0) is 25.3 Å². The number of imidazole rings is 1. The summed E-state index contributed by atoms with van der Waals surface area (Å²) < 4.78 is 121. The fraction of sp³-hybridized carbons (Fsp3) is 0.538. The van der Waals surface area contributed by atoms with E-state index < -0.39 is 81.0 Å². The zero-order chi connectivity index (χ0) is 28.6. The van der Waals surface area contributed by atoms with Gasteiger partial charge in [0.15, 0.2) is 11.2 Å². The van der Waals surface area contributed by atoms with Crippen molar-refractivity contribution in [2.24, 2.45) is 14.0 Å². The third-order valence-corrected chi connectivity index (χ3v) is 2.27. The largest absolute Gasteiger partial charge is 0.332 e. The lowest BCUT2D eigenvalue weighted by Crippen LogP contribution is -2.39. The van der Waals surface area contributed by atoms with Gasteiger partial charge in [0, 0.05) is 47.4 Å². The van der Waals surface area contributed by atoms with Gasteiger partial charge in [0.1, 0.15) is 7.15 Å². The van der Waals surface area contributed by atoms with E-state index in [0.717, 1.165) is 0 Å². The fourth-order valence-corrected chi connectivity index (χ4v) is 1.43. The van der Waals surface area contributed by atoms with Crippen LogP contribution < -0.4 is 11.2 Å². The van der Waals surface area contributed by atoms with Gasteiger partial charge in [0.25, 0.3) is 5.56 Å². The summed E-state index contributed by atoms with van der Waals surface area (Å²) in [5.74, 6) is -2.31. The highest BCUT2D eigenvalue weighted by molar-refractivity contribution is 5.75. The van der Waals surface area contributed by atoms with Gasteiger partial charge >= 0.3 is 5.69 Å².